The van der Waals surface area contributed by atoms with Crippen molar-refractivity contribution in [2.45, 2.75) is 69.8 Å². The third-order valence-corrected chi connectivity index (χ3v) is 17.6. The first-order valence-corrected chi connectivity index (χ1v) is 31.4. The Morgan fingerprint density at radius 2 is 1.00 bits per heavy atom. The zero-order valence-electron chi connectivity index (χ0n) is 49.4. The SMILES string of the molecule is C=Nc1ccc(C(=O)Nc2ccc(NC(=O)C(C)CC)cc2O)cc1.C=Nc1ccc(NC(=O)Nc2cc(Cl)c(NC(=O)C(CC)S(=O)(=O)c3cccc(C)c3)cc2O)cc1.CC(C)C(C(=O)Nc1cc(O)c(NC(=O)c2ccccc2)cc1Cl)S(C)(=O)=O. The van der Waals surface area contributed by atoms with E-state index in [1.54, 1.807) is 131 Å². The predicted molar refractivity (Wildman–Crippen MR) is 352 cm³/mol. The Morgan fingerprint density at radius 1 is 0.506 bits per heavy atom. The molecule has 0 saturated heterocycles. The van der Waals surface area contributed by atoms with Crippen LogP contribution in [0.4, 0.5) is 56.0 Å². The fraction of sp³-hybridized carbons (Fsp3) is 0.206. The summed E-state index contributed by atoms with van der Waals surface area (Å²) in [5.41, 5.74) is 4.17. The molecule has 0 aromatic heterocycles. The second-order valence-corrected chi connectivity index (χ2v) is 25.3. The minimum Gasteiger partial charge on any atom is -0.506 e. The minimum absolute atomic E-state index is 0.00414. The molecule has 3 atom stereocenters. The molecule has 89 heavy (non-hydrogen) atoms. The smallest absolute Gasteiger partial charge is 0.323 e. The number of anilines is 7. The molecule has 7 aromatic carbocycles. The number of halogens is 2. The van der Waals surface area contributed by atoms with Crippen LogP contribution in [0.1, 0.15) is 73.7 Å². The number of nitrogens with zero attached hydrogens (tertiary/aromatic N) is 2. The van der Waals surface area contributed by atoms with Gasteiger partial charge in [-0.25, -0.2) is 21.6 Å². The number of nitrogens with one attached hydrogen (secondary N) is 7. The summed E-state index contributed by atoms with van der Waals surface area (Å²) in [6.07, 6.45) is 1.74. The summed E-state index contributed by atoms with van der Waals surface area (Å²) >= 11 is 12.4. The summed E-state index contributed by atoms with van der Waals surface area (Å²) in [6.45, 7) is 17.2. The normalized spacial score (nSPS) is 11.9. The van der Waals surface area contributed by atoms with Gasteiger partial charge < -0.3 is 52.5 Å². The van der Waals surface area contributed by atoms with E-state index in [4.69, 9.17) is 23.2 Å². The number of aryl methyl sites for hydroxylation is 1. The van der Waals surface area contributed by atoms with Crippen molar-refractivity contribution in [3.05, 3.63) is 172 Å². The molecule has 0 aliphatic rings. The van der Waals surface area contributed by atoms with Gasteiger partial charge in [0.15, 0.2) is 19.7 Å². The minimum atomic E-state index is -3.97. The first kappa shape index (κ1) is 70.1. The number of carbonyl (C=O) groups is 6. The lowest BCUT2D eigenvalue weighted by Gasteiger charge is -2.19. The van der Waals surface area contributed by atoms with Crippen LogP contribution in [-0.4, -0.2) is 97.9 Å². The Morgan fingerprint density at radius 3 is 1.49 bits per heavy atom. The van der Waals surface area contributed by atoms with Gasteiger partial charge in [0, 0.05) is 52.9 Å². The van der Waals surface area contributed by atoms with Crippen molar-refractivity contribution in [2.75, 3.05) is 43.5 Å². The fourth-order valence-electron chi connectivity index (χ4n) is 8.22. The van der Waals surface area contributed by atoms with E-state index >= 15 is 0 Å². The topological polar surface area (TPSA) is 340 Å². The van der Waals surface area contributed by atoms with Crippen molar-refractivity contribution in [1.82, 2.24) is 0 Å². The van der Waals surface area contributed by atoms with E-state index in [1.165, 1.54) is 30.3 Å². The van der Waals surface area contributed by atoms with Crippen molar-refractivity contribution in [2.24, 2.45) is 21.8 Å². The molecule has 0 aliphatic heterocycles. The number of aliphatic imine (C=N–C) groups is 2. The molecule has 22 nitrogen and oxygen atoms in total. The second-order valence-electron chi connectivity index (χ2n) is 20.2. The quantitative estimate of drug-likeness (QED) is 0.0251. The van der Waals surface area contributed by atoms with Crippen molar-refractivity contribution >= 4 is 143 Å². The van der Waals surface area contributed by atoms with Crippen LogP contribution in [0.5, 0.6) is 17.2 Å². The average molecular weight is 1290 g/mol. The van der Waals surface area contributed by atoms with E-state index in [2.05, 4.69) is 60.6 Å². The van der Waals surface area contributed by atoms with Crippen molar-refractivity contribution in [3.63, 3.8) is 0 Å². The molecule has 7 rings (SSSR count). The van der Waals surface area contributed by atoms with Gasteiger partial charge in [-0.2, -0.15) is 0 Å². The molecule has 0 heterocycles. The number of aromatic hydroxyl groups is 3. The van der Waals surface area contributed by atoms with Gasteiger partial charge in [-0.15, -0.1) is 0 Å². The lowest BCUT2D eigenvalue weighted by atomic mass is 10.1. The van der Waals surface area contributed by atoms with E-state index in [1.807, 2.05) is 13.8 Å². The van der Waals surface area contributed by atoms with Gasteiger partial charge in [-0.3, -0.25) is 34.0 Å². The monoisotopic (exact) mass is 1290 g/mol. The van der Waals surface area contributed by atoms with Crippen LogP contribution in [0.2, 0.25) is 10.0 Å². The summed E-state index contributed by atoms with van der Waals surface area (Å²) in [5, 5.41) is 45.9. The lowest BCUT2D eigenvalue weighted by Crippen LogP contribution is -2.38. The number of benzene rings is 7. The van der Waals surface area contributed by atoms with Crippen LogP contribution in [0.15, 0.2) is 160 Å². The number of sulfone groups is 2. The molecule has 0 radical (unpaired) electrons. The first-order valence-electron chi connectivity index (χ1n) is 27.2. The zero-order valence-corrected chi connectivity index (χ0v) is 52.5. The van der Waals surface area contributed by atoms with Crippen LogP contribution in [-0.2, 0) is 34.1 Å². The van der Waals surface area contributed by atoms with Crippen molar-refractivity contribution in [1.29, 1.82) is 0 Å². The standard InChI is InChI=1S/C25H25ClN4O5S.C19H21ClN2O5S.C19H21N3O3/c1-4-23(36(34,35)18-7-5-6-15(2)12-18)24(32)29-20-14-22(31)21(13-19(20)26)30-25(33)28-17-10-8-16(27-3)9-11-17;1-11(2)17(28(3,26)27)19(25)21-14-10-16(23)15(9-13(14)20)22-18(24)12-7-5-4-6-8-12;1-4-12(2)18(24)21-15-9-10-16(17(23)11-15)22-19(25)13-5-7-14(20-3)8-6-13/h5-14,23,31H,3-4H2,1-2H3,(H,29,32)(H2,28,30,33);4-11,17,23H,1-3H3,(H,21,25)(H,22,24);5-12,23H,3-4H2,1-2H3,(H,21,24)(H,22,25). The largest absolute Gasteiger partial charge is 0.506 e. The van der Waals surface area contributed by atoms with Gasteiger partial charge in [0.25, 0.3) is 11.8 Å². The highest BCUT2D eigenvalue weighted by molar-refractivity contribution is 7.93. The van der Waals surface area contributed by atoms with Gasteiger partial charge in [-0.05, 0) is 142 Å². The highest BCUT2D eigenvalue weighted by Crippen LogP contribution is 2.37. The summed E-state index contributed by atoms with van der Waals surface area (Å²) in [7, 11) is -7.60. The van der Waals surface area contributed by atoms with Gasteiger partial charge in [0.05, 0.1) is 54.8 Å². The third kappa shape index (κ3) is 20.0. The Labute approximate surface area is 525 Å². The van der Waals surface area contributed by atoms with E-state index in [9.17, 15) is 60.9 Å². The van der Waals surface area contributed by atoms with E-state index < -0.39 is 59.8 Å². The molecule has 7 aromatic rings. The van der Waals surface area contributed by atoms with Crippen LogP contribution >= 0.6 is 23.2 Å². The molecule has 468 valence electrons. The number of amides is 7. The van der Waals surface area contributed by atoms with Gasteiger partial charge in [0.1, 0.15) is 27.7 Å². The Kier molecular flexibility index (Phi) is 25.1. The molecule has 0 aliphatic carbocycles. The first-order chi connectivity index (χ1) is 42.0. The van der Waals surface area contributed by atoms with E-state index in [0.29, 0.717) is 33.9 Å². The number of urea groups is 1. The number of rotatable bonds is 20. The molecular weight excluding hydrogens is 1230 g/mol. The van der Waals surface area contributed by atoms with Crippen LogP contribution in [0.3, 0.4) is 0 Å². The molecule has 26 heteroatoms. The third-order valence-electron chi connectivity index (χ3n) is 13.1. The van der Waals surface area contributed by atoms with Gasteiger partial charge in [-0.1, -0.05) is 88.2 Å². The molecule has 0 saturated carbocycles. The van der Waals surface area contributed by atoms with Crippen molar-refractivity contribution in [3.8, 4) is 17.2 Å². The van der Waals surface area contributed by atoms with Crippen LogP contribution in [0, 0.1) is 18.8 Å². The van der Waals surface area contributed by atoms with Gasteiger partial charge in [0.2, 0.25) is 17.7 Å². The summed E-state index contributed by atoms with van der Waals surface area (Å²) in [4.78, 5) is 81.5. The molecule has 0 bridgehead atoms. The van der Waals surface area contributed by atoms with Crippen molar-refractivity contribution < 1.29 is 60.9 Å². The molecule has 0 spiro atoms. The maximum absolute atomic E-state index is 13.1. The Balaban J connectivity index is 0.000000248. The highest BCUT2D eigenvalue weighted by Gasteiger charge is 2.34. The second kappa shape index (κ2) is 31.9. The summed E-state index contributed by atoms with van der Waals surface area (Å²) in [6, 6.07) is 36.6. The lowest BCUT2D eigenvalue weighted by molar-refractivity contribution is -0.119. The number of hydrogen-bond acceptors (Lipinski definition) is 15. The maximum Gasteiger partial charge on any atom is 0.323 e. The molecule has 10 N–H and O–H groups in total. The van der Waals surface area contributed by atoms with Crippen LogP contribution < -0.4 is 37.2 Å². The average Bonchev–Trinajstić information content (AvgIpc) is 3.68. The Hall–Kier alpha value is -9.62. The number of phenols is 3. The maximum atomic E-state index is 13.1. The molecular formula is C63H67Cl2N9O13S2. The molecule has 3 unspecified atom stereocenters. The van der Waals surface area contributed by atoms with Gasteiger partial charge >= 0.3 is 6.03 Å². The summed E-state index contributed by atoms with van der Waals surface area (Å²) in [5.74, 6) is -3.87. The van der Waals surface area contributed by atoms with E-state index in [0.717, 1.165) is 30.4 Å². The predicted octanol–water partition coefficient (Wildman–Crippen LogP) is 12.8. The number of phenolic OH excluding ortho intramolecular Hbond substituents is 3. The molecule has 0 fully saturated rings. The number of carbonyl (C=O) groups excluding carboxylic acids is 6. The fourth-order valence-corrected chi connectivity index (χ4v) is 11.8. The van der Waals surface area contributed by atoms with Crippen LogP contribution in [0.25, 0.3) is 0 Å². The highest BCUT2D eigenvalue weighted by atomic mass is 35.5. The molecule has 7 amide bonds. The Bertz CT molecular complexity index is 3990. The number of hydrogen-bond donors (Lipinski definition) is 10. The van der Waals surface area contributed by atoms with E-state index in [-0.39, 0.29) is 84.8 Å². The summed E-state index contributed by atoms with van der Waals surface area (Å²) < 4.78 is 49.9. The zero-order chi connectivity index (χ0) is 65.9.